The maximum Gasteiger partial charge on any atom is 0.279 e. The molecule has 0 aromatic carbocycles. The normalized spacial score (nSPS) is 24.1. The first-order valence-corrected chi connectivity index (χ1v) is 6.44. The van der Waals surface area contributed by atoms with Crippen molar-refractivity contribution in [2.45, 2.75) is 25.8 Å². The third kappa shape index (κ3) is 3.20. The highest BCUT2D eigenvalue weighted by Crippen LogP contribution is 2.04. The van der Waals surface area contributed by atoms with Gasteiger partial charge < -0.3 is 5.32 Å². The summed E-state index contributed by atoms with van der Waals surface area (Å²) in [6.07, 6.45) is 1.95. The molecule has 0 spiro atoms. The van der Waals surface area contributed by atoms with Crippen LogP contribution in [0.3, 0.4) is 0 Å². The van der Waals surface area contributed by atoms with Gasteiger partial charge >= 0.3 is 0 Å². The van der Waals surface area contributed by atoms with Gasteiger partial charge in [0.15, 0.2) is 0 Å². The van der Waals surface area contributed by atoms with E-state index < -0.39 is 10.2 Å². The zero-order chi connectivity index (χ0) is 10.6. The lowest BCUT2D eigenvalue weighted by Crippen LogP contribution is -2.49. The van der Waals surface area contributed by atoms with E-state index in [2.05, 4.69) is 10.0 Å². The Morgan fingerprint density at radius 3 is 2.79 bits per heavy atom. The van der Waals surface area contributed by atoms with Gasteiger partial charge in [0.2, 0.25) is 0 Å². The molecule has 0 aromatic heterocycles. The highest BCUT2D eigenvalue weighted by molar-refractivity contribution is 7.87. The Labute approximate surface area is 86.0 Å². The first-order valence-electron chi connectivity index (χ1n) is 5.00. The number of hydrogen-bond acceptors (Lipinski definition) is 3. The summed E-state index contributed by atoms with van der Waals surface area (Å²) in [5, 5.41) is 3.17. The average Bonchev–Trinajstić information content (AvgIpc) is 2.17. The second-order valence-corrected chi connectivity index (χ2v) is 5.39. The highest BCUT2D eigenvalue weighted by Gasteiger charge is 2.22. The first kappa shape index (κ1) is 11.9. The van der Waals surface area contributed by atoms with E-state index in [1.165, 1.54) is 4.31 Å². The largest absolute Gasteiger partial charge is 0.315 e. The maximum absolute atomic E-state index is 11.6. The smallest absolute Gasteiger partial charge is 0.279 e. The van der Waals surface area contributed by atoms with Crippen molar-refractivity contribution in [2.75, 3.05) is 26.7 Å². The molecule has 0 saturated carbocycles. The van der Waals surface area contributed by atoms with E-state index in [0.29, 0.717) is 6.54 Å². The summed E-state index contributed by atoms with van der Waals surface area (Å²) in [6, 6.07) is 0.0442. The standard InChI is InChI=1S/C8H19N3O2S/c1-3-11(2)14(12,13)10-8-5-4-6-9-7-8/h8-10H,3-7H2,1-2H3. The van der Waals surface area contributed by atoms with Crippen LogP contribution in [0.25, 0.3) is 0 Å². The molecular weight excluding hydrogens is 202 g/mol. The van der Waals surface area contributed by atoms with Crippen molar-refractivity contribution in [3.63, 3.8) is 0 Å². The Kier molecular flexibility index (Phi) is 4.31. The molecule has 0 aromatic rings. The molecule has 0 amide bonds. The Morgan fingerprint density at radius 2 is 2.29 bits per heavy atom. The molecule has 1 fully saturated rings. The van der Waals surface area contributed by atoms with Gasteiger partial charge in [-0.1, -0.05) is 6.92 Å². The van der Waals surface area contributed by atoms with Gasteiger partial charge in [0.25, 0.3) is 10.2 Å². The van der Waals surface area contributed by atoms with Crippen LogP contribution in [0.5, 0.6) is 0 Å². The predicted molar refractivity (Wildman–Crippen MR) is 56.3 cm³/mol. The number of hydrogen-bond donors (Lipinski definition) is 2. The molecule has 5 nitrogen and oxygen atoms in total. The van der Waals surface area contributed by atoms with Gasteiger partial charge in [0, 0.05) is 26.2 Å². The van der Waals surface area contributed by atoms with Crippen LogP contribution < -0.4 is 10.0 Å². The van der Waals surface area contributed by atoms with Crippen molar-refractivity contribution in [1.82, 2.24) is 14.3 Å². The molecule has 0 radical (unpaired) electrons. The molecule has 1 unspecified atom stereocenters. The molecule has 1 rings (SSSR count). The number of rotatable bonds is 4. The van der Waals surface area contributed by atoms with Crippen LogP contribution in [0.4, 0.5) is 0 Å². The molecule has 1 saturated heterocycles. The Hall–Kier alpha value is -0.170. The molecule has 0 aliphatic carbocycles. The molecule has 14 heavy (non-hydrogen) atoms. The Morgan fingerprint density at radius 1 is 1.57 bits per heavy atom. The van der Waals surface area contributed by atoms with E-state index in [-0.39, 0.29) is 6.04 Å². The monoisotopic (exact) mass is 221 g/mol. The topological polar surface area (TPSA) is 61.4 Å². The van der Waals surface area contributed by atoms with Crippen molar-refractivity contribution in [2.24, 2.45) is 0 Å². The van der Waals surface area contributed by atoms with E-state index >= 15 is 0 Å². The fourth-order valence-electron chi connectivity index (χ4n) is 1.42. The van der Waals surface area contributed by atoms with Crippen molar-refractivity contribution < 1.29 is 8.42 Å². The summed E-state index contributed by atoms with van der Waals surface area (Å²) in [6.45, 7) is 4.03. The summed E-state index contributed by atoms with van der Waals surface area (Å²) < 4.78 is 27.2. The average molecular weight is 221 g/mol. The van der Waals surface area contributed by atoms with Gasteiger partial charge in [-0.15, -0.1) is 0 Å². The molecule has 1 aliphatic rings. The van der Waals surface area contributed by atoms with Crippen LogP contribution in [-0.4, -0.2) is 45.4 Å². The molecule has 1 aliphatic heterocycles. The van der Waals surface area contributed by atoms with E-state index in [0.717, 1.165) is 25.9 Å². The predicted octanol–water partition coefficient (Wildman–Crippen LogP) is -0.475. The molecule has 0 bridgehead atoms. The van der Waals surface area contributed by atoms with Gasteiger partial charge in [-0.2, -0.15) is 17.4 Å². The van der Waals surface area contributed by atoms with Gasteiger partial charge in [-0.05, 0) is 19.4 Å². The van der Waals surface area contributed by atoms with Crippen LogP contribution in [0.2, 0.25) is 0 Å². The quantitative estimate of drug-likeness (QED) is 0.674. The van der Waals surface area contributed by atoms with Crippen LogP contribution in [0, 0.1) is 0 Å². The summed E-state index contributed by atoms with van der Waals surface area (Å²) in [5.41, 5.74) is 0. The van der Waals surface area contributed by atoms with Crippen molar-refractivity contribution in [3.05, 3.63) is 0 Å². The molecule has 6 heteroatoms. The molecular formula is C8H19N3O2S. The summed E-state index contributed by atoms with van der Waals surface area (Å²) >= 11 is 0. The van der Waals surface area contributed by atoms with Crippen LogP contribution in [0.15, 0.2) is 0 Å². The molecule has 84 valence electrons. The van der Waals surface area contributed by atoms with Crippen LogP contribution in [0.1, 0.15) is 19.8 Å². The Balaban J connectivity index is 2.49. The Bertz CT molecular complexity index is 260. The molecule has 1 atom stereocenters. The maximum atomic E-state index is 11.6. The van der Waals surface area contributed by atoms with Crippen molar-refractivity contribution in [1.29, 1.82) is 0 Å². The molecule has 1 heterocycles. The lowest BCUT2D eigenvalue weighted by Gasteiger charge is -2.25. The number of nitrogens with one attached hydrogen (secondary N) is 2. The summed E-state index contributed by atoms with van der Waals surface area (Å²) in [7, 11) is -1.68. The van der Waals surface area contributed by atoms with Crippen molar-refractivity contribution >= 4 is 10.2 Å². The van der Waals surface area contributed by atoms with E-state index in [1.807, 2.05) is 6.92 Å². The lowest BCUT2D eigenvalue weighted by atomic mass is 10.1. The number of nitrogens with zero attached hydrogens (tertiary/aromatic N) is 1. The van der Waals surface area contributed by atoms with Gasteiger partial charge in [-0.25, -0.2) is 0 Å². The lowest BCUT2D eigenvalue weighted by molar-refractivity contribution is 0.407. The van der Waals surface area contributed by atoms with Gasteiger partial charge in [0.05, 0.1) is 0 Å². The van der Waals surface area contributed by atoms with Crippen LogP contribution >= 0.6 is 0 Å². The van der Waals surface area contributed by atoms with E-state index in [4.69, 9.17) is 0 Å². The van der Waals surface area contributed by atoms with Crippen LogP contribution in [-0.2, 0) is 10.2 Å². The van der Waals surface area contributed by atoms with E-state index in [9.17, 15) is 8.42 Å². The minimum atomic E-state index is -3.27. The third-order valence-electron chi connectivity index (χ3n) is 2.47. The summed E-state index contributed by atoms with van der Waals surface area (Å²) in [4.78, 5) is 0. The van der Waals surface area contributed by atoms with Gasteiger partial charge in [-0.3, -0.25) is 0 Å². The zero-order valence-corrected chi connectivity index (χ0v) is 9.60. The fraction of sp³-hybridized carbons (Fsp3) is 1.00. The second kappa shape index (κ2) is 5.06. The minimum Gasteiger partial charge on any atom is -0.315 e. The molecule has 2 N–H and O–H groups in total. The van der Waals surface area contributed by atoms with Gasteiger partial charge in [0.1, 0.15) is 0 Å². The SMILES string of the molecule is CCN(C)S(=O)(=O)NC1CCCNC1. The second-order valence-electron chi connectivity index (χ2n) is 3.58. The third-order valence-corrected chi connectivity index (χ3v) is 4.18. The minimum absolute atomic E-state index is 0.0442. The number of piperidine rings is 1. The first-order chi connectivity index (χ1) is 6.56. The van der Waals surface area contributed by atoms with E-state index in [1.54, 1.807) is 7.05 Å². The highest BCUT2D eigenvalue weighted by atomic mass is 32.2. The van der Waals surface area contributed by atoms with Crippen molar-refractivity contribution in [3.8, 4) is 0 Å². The fourth-order valence-corrected chi connectivity index (χ4v) is 2.57. The summed E-state index contributed by atoms with van der Waals surface area (Å²) in [5.74, 6) is 0. The zero-order valence-electron chi connectivity index (χ0n) is 8.78.